The van der Waals surface area contributed by atoms with E-state index in [0.717, 1.165) is 27.3 Å². The molecule has 162 valence electrons. The molecule has 0 radical (unpaired) electrons. The summed E-state index contributed by atoms with van der Waals surface area (Å²) in [4.78, 5) is 13.0. The van der Waals surface area contributed by atoms with Gasteiger partial charge >= 0.3 is 0 Å². The Morgan fingerprint density at radius 2 is 1.70 bits per heavy atom. The molecule has 1 N–H and O–H groups in total. The molecule has 2 atom stereocenters. The number of benzene rings is 2. The maximum Gasteiger partial charge on any atom is 0.244 e. The van der Waals surface area contributed by atoms with Crippen molar-refractivity contribution in [3.63, 3.8) is 0 Å². The fourth-order valence-corrected chi connectivity index (χ4v) is 4.87. The Bertz CT molecular complexity index is 1050. The molecule has 30 heavy (non-hydrogen) atoms. The highest BCUT2D eigenvalue weighted by atomic mass is 32.2. The van der Waals surface area contributed by atoms with Crippen molar-refractivity contribution in [3.05, 3.63) is 53.1 Å². The number of rotatable bonds is 6. The van der Waals surface area contributed by atoms with Gasteiger partial charge in [-0.3, -0.25) is 9.10 Å². The largest absolute Gasteiger partial charge is 0.486 e. The fourth-order valence-electron chi connectivity index (χ4n) is 3.70. The minimum atomic E-state index is -3.73. The normalized spacial score (nSPS) is 15.2. The first-order chi connectivity index (χ1) is 14.1. The molecule has 0 unspecified atom stereocenters. The zero-order valence-electron chi connectivity index (χ0n) is 17.9. The Balaban J connectivity index is 1.85. The number of nitrogens with one attached hydrogen (secondary N) is 1. The van der Waals surface area contributed by atoms with Gasteiger partial charge in [0, 0.05) is 6.07 Å². The predicted molar refractivity (Wildman–Crippen MR) is 117 cm³/mol. The summed E-state index contributed by atoms with van der Waals surface area (Å²) in [6.07, 6.45) is 1.08. The van der Waals surface area contributed by atoms with Crippen molar-refractivity contribution in [2.24, 2.45) is 0 Å². The van der Waals surface area contributed by atoms with Gasteiger partial charge in [0.2, 0.25) is 15.9 Å². The number of hydrogen-bond acceptors (Lipinski definition) is 5. The Morgan fingerprint density at radius 1 is 1.03 bits per heavy atom. The first-order valence-corrected chi connectivity index (χ1v) is 11.7. The molecule has 0 bridgehead atoms. The van der Waals surface area contributed by atoms with Crippen LogP contribution in [0.15, 0.2) is 36.4 Å². The van der Waals surface area contributed by atoms with Gasteiger partial charge in [-0.15, -0.1) is 0 Å². The molecule has 1 amide bonds. The molecule has 0 saturated carbocycles. The van der Waals surface area contributed by atoms with E-state index in [9.17, 15) is 13.2 Å². The highest BCUT2D eigenvalue weighted by Gasteiger charge is 2.31. The van der Waals surface area contributed by atoms with Crippen molar-refractivity contribution >= 4 is 21.6 Å². The number of fused-ring (bicyclic) bond motifs is 1. The zero-order valence-corrected chi connectivity index (χ0v) is 18.7. The van der Waals surface area contributed by atoms with Gasteiger partial charge in [-0.05, 0) is 51.0 Å². The van der Waals surface area contributed by atoms with Crippen molar-refractivity contribution in [1.29, 1.82) is 0 Å². The molecule has 7 nitrogen and oxygen atoms in total. The maximum atomic E-state index is 13.0. The molecule has 3 rings (SSSR count). The van der Waals surface area contributed by atoms with Crippen LogP contribution in [0.25, 0.3) is 0 Å². The monoisotopic (exact) mass is 432 g/mol. The highest BCUT2D eigenvalue weighted by molar-refractivity contribution is 7.92. The van der Waals surface area contributed by atoms with Crippen LogP contribution in [0.1, 0.15) is 36.6 Å². The van der Waals surface area contributed by atoms with E-state index >= 15 is 0 Å². The van der Waals surface area contributed by atoms with Crippen LogP contribution in [-0.2, 0) is 14.8 Å². The van der Waals surface area contributed by atoms with Crippen molar-refractivity contribution in [2.45, 2.75) is 39.8 Å². The van der Waals surface area contributed by atoms with Gasteiger partial charge in [0.05, 0.1) is 18.0 Å². The minimum Gasteiger partial charge on any atom is -0.486 e. The van der Waals surface area contributed by atoms with E-state index in [1.807, 2.05) is 32.9 Å². The predicted octanol–water partition coefficient (Wildman–Crippen LogP) is 3.11. The van der Waals surface area contributed by atoms with Crippen molar-refractivity contribution in [3.8, 4) is 11.5 Å². The first-order valence-electron chi connectivity index (χ1n) is 9.84. The van der Waals surface area contributed by atoms with E-state index in [1.165, 1.54) is 0 Å². The third kappa shape index (κ3) is 4.70. The van der Waals surface area contributed by atoms with Crippen molar-refractivity contribution in [1.82, 2.24) is 5.32 Å². The number of sulfonamides is 1. The molecular weight excluding hydrogens is 404 g/mol. The molecule has 8 heteroatoms. The maximum absolute atomic E-state index is 13.0. The SMILES string of the molecule is Cc1ccc([C@H](C)NC(=O)[C@H](C)N(c2ccc3c(c2)OCCO3)S(C)(=O)=O)c(C)c1. The molecule has 0 aromatic heterocycles. The molecule has 0 spiro atoms. The summed E-state index contributed by atoms with van der Waals surface area (Å²) in [7, 11) is -3.73. The van der Waals surface area contributed by atoms with Gasteiger partial charge in [0.1, 0.15) is 19.3 Å². The van der Waals surface area contributed by atoms with Gasteiger partial charge in [0.25, 0.3) is 0 Å². The summed E-state index contributed by atoms with van der Waals surface area (Å²) in [6, 6.07) is 9.68. The van der Waals surface area contributed by atoms with E-state index in [1.54, 1.807) is 25.1 Å². The number of aryl methyl sites for hydroxylation is 2. The molecule has 2 aromatic carbocycles. The van der Waals surface area contributed by atoms with Gasteiger partial charge in [-0.2, -0.15) is 0 Å². The Kier molecular flexibility index (Phi) is 6.26. The summed E-state index contributed by atoms with van der Waals surface area (Å²) in [5.41, 5.74) is 3.56. The number of carbonyl (C=O) groups excluding carboxylic acids is 1. The highest BCUT2D eigenvalue weighted by Crippen LogP contribution is 2.35. The first kappa shape index (κ1) is 22.0. The second-order valence-electron chi connectivity index (χ2n) is 7.65. The Morgan fingerprint density at radius 3 is 2.33 bits per heavy atom. The van der Waals surface area contributed by atoms with E-state index < -0.39 is 16.1 Å². The number of nitrogens with zero attached hydrogens (tertiary/aromatic N) is 1. The lowest BCUT2D eigenvalue weighted by molar-refractivity contribution is -0.122. The van der Waals surface area contributed by atoms with Gasteiger partial charge in [-0.25, -0.2) is 8.42 Å². The lowest BCUT2D eigenvalue weighted by atomic mass is 10.00. The minimum absolute atomic E-state index is 0.262. The molecule has 0 aliphatic carbocycles. The van der Waals surface area contributed by atoms with Gasteiger partial charge in [0.15, 0.2) is 11.5 Å². The van der Waals surface area contributed by atoms with E-state index in [0.29, 0.717) is 30.4 Å². The van der Waals surface area contributed by atoms with Crippen LogP contribution in [-0.4, -0.2) is 39.8 Å². The lowest BCUT2D eigenvalue weighted by Gasteiger charge is -2.30. The number of hydrogen-bond donors (Lipinski definition) is 1. The molecule has 1 aliphatic heterocycles. The van der Waals surface area contributed by atoms with E-state index in [4.69, 9.17) is 9.47 Å². The summed E-state index contributed by atoms with van der Waals surface area (Å²) in [5, 5.41) is 2.94. The lowest BCUT2D eigenvalue weighted by Crippen LogP contribution is -2.48. The topological polar surface area (TPSA) is 84.9 Å². The summed E-state index contributed by atoms with van der Waals surface area (Å²) >= 11 is 0. The quantitative estimate of drug-likeness (QED) is 0.758. The van der Waals surface area contributed by atoms with Crippen molar-refractivity contribution in [2.75, 3.05) is 23.8 Å². The average molecular weight is 433 g/mol. The molecule has 1 heterocycles. The van der Waals surface area contributed by atoms with Crippen LogP contribution < -0.4 is 19.1 Å². The zero-order chi connectivity index (χ0) is 22.1. The molecule has 0 fully saturated rings. The molecule has 0 saturated heterocycles. The fraction of sp³-hybridized carbons (Fsp3) is 0.409. The van der Waals surface area contributed by atoms with Crippen molar-refractivity contribution < 1.29 is 22.7 Å². The Labute approximate surface area is 178 Å². The second-order valence-corrected chi connectivity index (χ2v) is 9.51. The second kappa shape index (κ2) is 8.55. The molecule has 1 aliphatic rings. The van der Waals surface area contributed by atoms with Crippen LogP contribution in [0.3, 0.4) is 0 Å². The van der Waals surface area contributed by atoms with Crippen LogP contribution in [0.2, 0.25) is 0 Å². The third-order valence-electron chi connectivity index (χ3n) is 5.12. The van der Waals surface area contributed by atoms with E-state index in [-0.39, 0.29) is 11.9 Å². The third-order valence-corrected chi connectivity index (χ3v) is 6.36. The average Bonchev–Trinajstić information content (AvgIpc) is 2.66. The Hall–Kier alpha value is -2.74. The molecule has 2 aromatic rings. The number of ether oxygens (including phenoxy) is 2. The van der Waals surface area contributed by atoms with Crippen LogP contribution in [0.5, 0.6) is 11.5 Å². The van der Waals surface area contributed by atoms with Crippen LogP contribution in [0.4, 0.5) is 5.69 Å². The standard InChI is InChI=1S/C22H28N2O5S/c1-14-6-8-19(15(2)12-14)16(3)23-22(25)17(4)24(30(5,26)27)18-7-9-20-21(13-18)29-11-10-28-20/h6-9,12-13,16-17H,10-11H2,1-5H3,(H,23,25)/t16-,17-/m0/s1. The summed E-state index contributed by atoms with van der Waals surface area (Å²) in [6.45, 7) is 8.29. The number of carbonyl (C=O) groups is 1. The van der Waals surface area contributed by atoms with Crippen LogP contribution >= 0.6 is 0 Å². The van der Waals surface area contributed by atoms with Crippen LogP contribution in [0, 0.1) is 13.8 Å². The molecular formula is C22H28N2O5S. The summed E-state index contributed by atoms with van der Waals surface area (Å²) < 4.78 is 37.3. The van der Waals surface area contributed by atoms with Gasteiger partial charge in [-0.1, -0.05) is 23.8 Å². The number of anilines is 1. The number of amides is 1. The van der Waals surface area contributed by atoms with Gasteiger partial charge < -0.3 is 14.8 Å². The summed E-state index contributed by atoms with van der Waals surface area (Å²) in [5.74, 6) is 0.630. The smallest absolute Gasteiger partial charge is 0.244 e. The van der Waals surface area contributed by atoms with E-state index in [2.05, 4.69) is 11.4 Å².